The summed E-state index contributed by atoms with van der Waals surface area (Å²) in [6, 6.07) is 11.8. The zero-order valence-electron chi connectivity index (χ0n) is 15.1. The number of aryl methyl sites for hydroxylation is 1. The molecule has 8 heteroatoms. The number of para-hydroxylation sites is 1. The normalized spacial score (nSPS) is 24.0. The molecule has 2 heterocycles. The van der Waals surface area contributed by atoms with Gasteiger partial charge in [-0.2, -0.15) is 0 Å². The van der Waals surface area contributed by atoms with Crippen LogP contribution in [0.5, 0.6) is 5.75 Å². The molecular formula is C19H21N3O4S. The van der Waals surface area contributed by atoms with Crippen molar-refractivity contribution in [3.63, 3.8) is 0 Å². The molecule has 4 rings (SSSR count). The molecule has 2 bridgehead atoms. The minimum Gasteiger partial charge on any atom is -0.467 e. The molecule has 0 radical (unpaired) electrons. The van der Waals surface area contributed by atoms with E-state index >= 15 is 0 Å². The summed E-state index contributed by atoms with van der Waals surface area (Å²) in [5.74, 6) is 0.811. The van der Waals surface area contributed by atoms with Crippen LogP contribution in [0, 0.1) is 6.92 Å². The van der Waals surface area contributed by atoms with Gasteiger partial charge in [-0.1, -0.05) is 30.3 Å². The minimum atomic E-state index is -3.74. The predicted octanol–water partition coefficient (Wildman–Crippen LogP) is 2.41. The second kappa shape index (κ2) is 5.97. The van der Waals surface area contributed by atoms with E-state index in [1.165, 1.54) is 12.1 Å². The summed E-state index contributed by atoms with van der Waals surface area (Å²) in [6.45, 7) is 4.19. The highest BCUT2D eigenvalue weighted by Crippen LogP contribution is 2.45. The molecule has 2 aromatic rings. The zero-order valence-corrected chi connectivity index (χ0v) is 15.9. The third-order valence-corrected chi connectivity index (χ3v) is 6.16. The lowest BCUT2D eigenvalue weighted by atomic mass is 9.89. The molecule has 2 atom stereocenters. The van der Waals surface area contributed by atoms with Crippen molar-refractivity contribution in [1.29, 1.82) is 0 Å². The zero-order chi connectivity index (χ0) is 19.4. The first-order chi connectivity index (χ1) is 12.7. The lowest BCUT2D eigenvalue weighted by molar-refractivity contribution is -0.0883. The Morgan fingerprint density at radius 3 is 2.63 bits per heavy atom. The van der Waals surface area contributed by atoms with Gasteiger partial charge < -0.3 is 10.1 Å². The number of carbonyl (C=O) groups is 1. The van der Waals surface area contributed by atoms with E-state index in [9.17, 15) is 13.2 Å². The topological polar surface area (TPSA) is 102 Å². The molecule has 0 aromatic heterocycles. The first-order valence-electron chi connectivity index (χ1n) is 8.66. The highest BCUT2D eigenvalue weighted by molar-refractivity contribution is 7.89. The molecule has 1 saturated heterocycles. The number of carbonyl (C=O) groups excluding carboxylic acids is 1. The highest BCUT2D eigenvalue weighted by atomic mass is 32.2. The summed E-state index contributed by atoms with van der Waals surface area (Å²) in [5, 5.41) is 8.19. The van der Waals surface area contributed by atoms with Gasteiger partial charge in [0, 0.05) is 12.0 Å². The van der Waals surface area contributed by atoms with Crippen LogP contribution in [0.2, 0.25) is 0 Å². The molecule has 27 heavy (non-hydrogen) atoms. The smallest absolute Gasteiger partial charge is 0.321 e. The number of fused-ring (bicyclic) bond motifs is 4. The second-order valence-corrected chi connectivity index (χ2v) is 8.81. The largest absolute Gasteiger partial charge is 0.467 e. The van der Waals surface area contributed by atoms with E-state index in [2.05, 4.69) is 5.32 Å². The van der Waals surface area contributed by atoms with Crippen LogP contribution < -0.4 is 15.2 Å². The van der Waals surface area contributed by atoms with Gasteiger partial charge in [0.05, 0.1) is 17.5 Å². The molecule has 0 saturated carbocycles. The van der Waals surface area contributed by atoms with Crippen LogP contribution in [0.25, 0.3) is 0 Å². The number of nitrogens with two attached hydrogens (primary N) is 1. The van der Waals surface area contributed by atoms with Gasteiger partial charge in [0.2, 0.25) is 10.0 Å². The number of hydrogen-bond acceptors (Lipinski definition) is 4. The van der Waals surface area contributed by atoms with Gasteiger partial charge in [0.15, 0.2) is 5.72 Å². The van der Waals surface area contributed by atoms with E-state index in [4.69, 9.17) is 9.88 Å². The molecule has 7 nitrogen and oxygen atoms in total. The summed E-state index contributed by atoms with van der Waals surface area (Å²) < 4.78 is 29.1. The van der Waals surface area contributed by atoms with Crippen molar-refractivity contribution in [3.05, 3.63) is 59.2 Å². The van der Waals surface area contributed by atoms with Crippen LogP contribution in [-0.4, -0.2) is 25.1 Å². The Bertz CT molecular complexity index is 1020. The molecule has 0 spiro atoms. The van der Waals surface area contributed by atoms with E-state index in [0.717, 1.165) is 22.4 Å². The number of benzene rings is 2. The van der Waals surface area contributed by atoms with E-state index in [1.54, 1.807) is 17.0 Å². The number of sulfonamides is 1. The van der Waals surface area contributed by atoms with E-state index in [1.807, 2.05) is 32.0 Å². The number of nitrogens with one attached hydrogen (secondary N) is 1. The van der Waals surface area contributed by atoms with Crippen molar-refractivity contribution < 1.29 is 17.9 Å². The lowest BCUT2D eigenvalue weighted by Gasteiger charge is -2.51. The van der Waals surface area contributed by atoms with E-state index in [-0.39, 0.29) is 17.0 Å². The first kappa shape index (κ1) is 17.8. The van der Waals surface area contributed by atoms with Gasteiger partial charge in [-0.05, 0) is 37.1 Å². The molecule has 3 N–H and O–H groups in total. The Balaban J connectivity index is 1.65. The number of amides is 2. The second-order valence-electron chi connectivity index (χ2n) is 7.25. The average molecular weight is 387 g/mol. The van der Waals surface area contributed by atoms with Gasteiger partial charge in [-0.3, -0.25) is 4.90 Å². The van der Waals surface area contributed by atoms with Crippen molar-refractivity contribution >= 4 is 16.1 Å². The fourth-order valence-corrected chi connectivity index (χ4v) is 4.30. The Kier molecular flexibility index (Phi) is 3.94. The molecule has 1 fully saturated rings. The molecule has 2 aliphatic rings. The molecular weight excluding hydrogens is 366 g/mol. The van der Waals surface area contributed by atoms with Crippen LogP contribution in [-0.2, 0) is 16.6 Å². The fraction of sp³-hybridized carbons (Fsp3) is 0.316. The summed E-state index contributed by atoms with van der Waals surface area (Å²) in [6.07, 6.45) is 0.629. The van der Waals surface area contributed by atoms with Gasteiger partial charge in [0.25, 0.3) is 0 Å². The Hall–Kier alpha value is -2.58. The molecule has 2 unspecified atom stereocenters. The van der Waals surface area contributed by atoms with Crippen LogP contribution in [0.3, 0.4) is 0 Å². The molecule has 2 amide bonds. The van der Waals surface area contributed by atoms with E-state index in [0.29, 0.717) is 13.0 Å². The van der Waals surface area contributed by atoms with Crippen LogP contribution >= 0.6 is 0 Å². The van der Waals surface area contributed by atoms with Crippen molar-refractivity contribution in [2.75, 3.05) is 0 Å². The first-order valence-corrected chi connectivity index (χ1v) is 10.2. The Morgan fingerprint density at radius 1 is 1.26 bits per heavy atom. The molecule has 142 valence electrons. The van der Waals surface area contributed by atoms with Gasteiger partial charge in [-0.15, -0.1) is 0 Å². The van der Waals surface area contributed by atoms with E-state index < -0.39 is 15.7 Å². The number of primary sulfonamides is 1. The summed E-state index contributed by atoms with van der Waals surface area (Å²) in [5.41, 5.74) is 2.02. The summed E-state index contributed by atoms with van der Waals surface area (Å²) >= 11 is 0. The van der Waals surface area contributed by atoms with Crippen LogP contribution in [0.15, 0.2) is 47.4 Å². The number of nitrogens with zero attached hydrogens (tertiary/aromatic N) is 1. The molecule has 2 aliphatic heterocycles. The van der Waals surface area contributed by atoms with Crippen molar-refractivity contribution in [3.8, 4) is 5.75 Å². The van der Waals surface area contributed by atoms with Crippen molar-refractivity contribution in [2.45, 2.75) is 43.5 Å². The Morgan fingerprint density at radius 2 is 1.96 bits per heavy atom. The maximum Gasteiger partial charge on any atom is 0.321 e. The maximum absolute atomic E-state index is 12.8. The summed E-state index contributed by atoms with van der Waals surface area (Å²) in [7, 11) is -3.74. The number of hydrogen-bond donors (Lipinski definition) is 2. The molecule has 2 aromatic carbocycles. The monoisotopic (exact) mass is 387 g/mol. The minimum absolute atomic E-state index is 0.0408. The lowest BCUT2D eigenvalue weighted by Crippen LogP contribution is -2.64. The fourth-order valence-electron chi connectivity index (χ4n) is 3.78. The number of urea groups is 1. The van der Waals surface area contributed by atoms with Gasteiger partial charge >= 0.3 is 6.03 Å². The number of ether oxygens (including phenoxy) is 1. The van der Waals surface area contributed by atoms with Crippen molar-refractivity contribution in [2.24, 2.45) is 5.14 Å². The summed E-state index contributed by atoms with van der Waals surface area (Å²) in [4.78, 5) is 14.4. The quantitative estimate of drug-likeness (QED) is 0.844. The number of rotatable bonds is 3. The highest BCUT2D eigenvalue weighted by Gasteiger charge is 2.49. The third-order valence-electron chi connectivity index (χ3n) is 5.23. The average Bonchev–Trinajstić information content (AvgIpc) is 2.59. The van der Waals surface area contributed by atoms with Crippen molar-refractivity contribution in [1.82, 2.24) is 10.2 Å². The Labute approximate surface area is 158 Å². The van der Waals surface area contributed by atoms with Gasteiger partial charge in [-0.25, -0.2) is 18.4 Å². The third kappa shape index (κ3) is 3.04. The SMILES string of the molecule is Cc1cccc2c1OC1(C)CC2NC(=O)N1Cc1ccc(S(N)(=O)=O)cc1. The predicted molar refractivity (Wildman–Crippen MR) is 99.5 cm³/mol. The van der Waals surface area contributed by atoms with Crippen LogP contribution in [0.4, 0.5) is 4.79 Å². The van der Waals surface area contributed by atoms with Crippen LogP contribution in [0.1, 0.15) is 36.1 Å². The molecule has 0 aliphatic carbocycles. The standard InChI is InChI=1S/C19H21N3O4S/c1-12-4-3-5-15-16-10-19(2,26-17(12)15)22(18(23)21-16)11-13-6-8-14(9-7-13)27(20,24)25/h3-9,16H,10-11H2,1-2H3,(H,21,23)(H2,20,24,25). The van der Waals surface area contributed by atoms with Gasteiger partial charge in [0.1, 0.15) is 5.75 Å². The maximum atomic E-state index is 12.8.